The van der Waals surface area contributed by atoms with E-state index in [1.807, 2.05) is 0 Å². The Labute approximate surface area is 160 Å². The van der Waals surface area contributed by atoms with Gasteiger partial charge in [0.05, 0.1) is 6.54 Å². The van der Waals surface area contributed by atoms with Gasteiger partial charge in [0.15, 0.2) is 0 Å². The Morgan fingerprint density at radius 1 is 1.07 bits per heavy atom. The Bertz CT molecular complexity index is 972. The minimum atomic E-state index is -3.87. The van der Waals surface area contributed by atoms with Crippen LogP contribution in [0.15, 0.2) is 42.5 Å². The Balaban J connectivity index is 1.65. The summed E-state index contributed by atoms with van der Waals surface area (Å²) in [5.41, 5.74) is 0.708. The summed E-state index contributed by atoms with van der Waals surface area (Å²) < 4.78 is 53.7. The predicted molar refractivity (Wildman–Crippen MR) is 97.3 cm³/mol. The average molecular weight is 416 g/mol. The van der Waals surface area contributed by atoms with Gasteiger partial charge in [0.25, 0.3) is 10.2 Å². The lowest BCUT2D eigenvalue weighted by Crippen LogP contribution is -2.37. The van der Waals surface area contributed by atoms with Gasteiger partial charge in [0.1, 0.15) is 11.6 Å². The van der Waals surface area contributed by atoms with Crippen LogP contribution in [0.3, 0.4) is 0 Å². The summed E-state index contributed by atoms with van der Waals surface area (Å²) in [4.78, 5) is 12.1. The molecule has 1 aliphatic heterocycles. The van der Waals surface area contributed by atoms with Crippen molar-refractivity contribution >= 4 is 33.4 Å². The van der Waals surface area contributed by atoms with Crippen molar-refractivity contribution in [2.75, 3.05) is 25.0 Å². The first-order valence-corrected chi connectivity index (χ1v) is 9.78. The number of rotatable bonds is 5. The van der Waals surface area contributed by atoms with Gasteiger partial charge < -0.3 is 5.32 Å². The van der Waals surface area contributed by atoms with Gasteiger partial charge in [-0.1, -0.05) is 23.7 Å². The lowest BCUT2D eigenvalue weighted by Gasteiger charge is -2.19. The molecule has 1 saturated heterocycles. The number of hydrogen-bond acceptors (Lipinski definition) is 3. The molecule has 1 aliphatic rings. The van der Waals surface area contributed by atoms with Crippen LogP contribution in [0.4, 0.5) is 14.5 Å². The van der Waals surface area contributed by atoms with Gasteiger partial charge in [-0.2, -0.15) is 17.0 Å². The van der Waals surface area contributed by atoms with E-state index < -0.39 is 34.3 Å². The van der Waals surface area contributed by atoms with Crippen molar-refractivity contribution in [1.82, 2.24) is 8.61 Å². The van der Waals surface area contributed by atoms with E-state index in [1.165, 1.54) is 34.6 Å². The molecule has 10 heteroatoms. The SMILES string of the molecule is O=C(CN1CCN(Cc2ccc(F)cc2Cl)S1(=O)=O)Nc1cccc(F)c1. The summed E-state index contributed by atoms with van der Waals surface area (Å²) in [6, 6.07) is 9.05. The number of nitrogens with zero attached hydrogens (tertiary/aromatic N) is 2. The fourth-order valence-electron chi connectivity index (χ4n) is 2.71. The van der Waals surface area contributed by atoms with Crippen LogP contribution in [-0.4, -0.2) is 42.6 Å². The second-order valence-corrected chi connectivity index (χ2v) is 8.30. The van der Waals surface area contributed by atoms with E-state index in [9.17, 15) is 22.0 Å². The Morgan fingerprint density at radius 2 is 1.78 bits per heavy atom. The van der Waals surface area contributed by atoms with Crippen molar-refractivity contribution in [2.24, 2.45) is 0 Å². The molecule has 0 aliphatic carbocycles. The maximum absolute atomic E-state index is 13.2. The van der Waals surface area contributed by atoms with Crippen LogP contribution in [0, 0.1) is 11.6 Å². The molecule has 0 atom stereocenters. The normalized spacial score (nSPS) is 17.1. The van der Waals surface area contributed by atoms with Gasteiger partial charge in [0, 0.05) is 30.3 Å². The molecule has 2 aromatic rings. The van der Waals surface area contributed by atoms with Crippen LogP contribution in [0.5, 0.6) is 0 Å². The van der Waals surface area contributed by atoms with Crippen molar-refractivity contribution in [3.63, 3.8) is 0 Å². The Kier molecular flexibility index (Phi) is 5.75. The number of halogens is 3. The summed E-state index contributed by atoms with van der Waals surface area (Å²) in [5.74, 6) is -1.60. The molecule has 1 heterocycles. The zero-order valence-electron chi connectivity index (χ0n) is 14.0. The van der Waals surface area contributed by atoms with E-state index in [-0.39, 0.29) is 30.3 Å². The topological polar surface area (TPSA) is 69.7 Å². The molecule has 0 spiro atoms. The lowest BCUT2D eigenvalue weighted by molar-refractivity contribution is -0.116. The van der Waals surface area contributed by atoms with Crippen molar-refractivity contribution in [3.05, 3.63) is 64.7 Å². The third kappa shape index (κ3) is 4.62. The molecule has 27 heavy (non-hydrogen) atoms. The van der Waals surface area contributed by atoms with Crippen LogP contribution in [0.25, 0.3) is 0 Å². The highest BCUT2D eigenvalue weighted by Crippen LogP contribution is 2.24. The zero-order valence-corrected chi connectivity index (χ0v) is 15.6. The van der Waals surface area contributed by atoms with Crippen molar-refractivity contribution in [1.29, 1.82) is 0 Å². The minimum Gasteiger partial charge on any atom is -0.325 e. The van der Waals surface area contributed by atoms with Crippen LogP contribution in [0.1, 0.15) is 5.56 Å². The van der Waals surface area contributed by atoms with Gasteiger partial charge in [-0.3, -0.25) is 4.79 Å². The number of amides is 1. The molecule has 2 aromatic carbocycles. The highest BCUT2D eigenvalue weighted by Gasteiger charge is 2.37. The quantitative estimate of drug-likeness (QED) is 0.816. The molecule has 3 rings (SSSR count). The van der Waals surface area contributed by atoms with Crippen LogP contribution >= 0.6 is 11.6 Å². The molecule has 0 bridgehead atoms. The molecule has 0 radical (unpaired) electrons. The van der Waals surface area contributed by atoms with Gasteiger partial charge in [0.2, 0.25) is 5.91 Å². The number of nitrogens with one attached hydrogen (secondary N) is 1. The Hall–Kier alpha value is -2.07. The molecule has 144 valence electrons. The molecule has 1 N–H and O–H groups in total. The van der Waals surface area contributed by atoms with E-state index >= 15 is 0 Å². The fourth-order valence-corrected chi connectivity index (χ4v) is 4.47. The summed E-state index contributed by atoms with van der Waals surface area (Å²) >= 11 is 5.95. The van der Waals surface area contributed by atoms with E-state index in [4.69, 9.17) is 11.6 Å². The maximum Gasteiger partial charge on any atom is 0.282 e. The number of carbonyl (C=O) groups excluding carboxylic acids is 1. The fraction of sp³-hybridized carbons (Fsp3) is 0.235. The van der Waals surface area contributed by atoms with Gasteiger partial charge in [-0.15, -0.1) is 0 Å². The summed E-state index contributed by atoms with van der Waals surface area (Å²) in [6.07, 6.45) is 0. The first-order chi connectivity index (χ1) is 12.8. The molecule has 0 saturated carbocycles. The van der Waals surface area contributed by atoms with E-state index in [0.717, 1.165) is 16.4 Å². The van der Waals surface area contributed by atoms with E-state index in [1.54, 1.807) is 0 Å². The molecular formula is C17H16ClF2N3O3S. The minimum absolute atomic E-state index is 0.0243. The summed E-state index contributed by atoms with van der Waals surface area (Å²) in [7, 11) is -3.87. The van der Waals surface area contributed by atoms with Gasteiger partial charge in [-0.05, 0) is 35.9 Å². The highest BCUT2D eigenvalue weighted by atomic mass is 35.5. The third-order valence-corrected chi connectivity index (χ3v) is 6.32. The Morgan fingerprint density at radius 3 is 2.48 bits per heavy atom. The first-order valence-electron chi connectivity index (χ1n) is 8.00. The molecule has 0 unspecified atom stereocenters. The first kappa shape index (κ1) is 19.7. The second kappa shape index (κ2) is 7.89. The number of benzene rings is 2. The standard InChI is InChI=1S/C17H16ClF2N3O3S/c18-16-9-14(20)5-4-12(16)10-22-6-7-23(27(22,25)26)11-17(24)21-15-3-1-2-13(19)8-15/h1-5,8-9H,6-7,10-11H2,(H,21,24). The second-order valence-electron chi connectivity index (χ2n) is 5.97. The monoisotopic (exact) mass is 415 g/mol. The summed E-state index contributed by atoms with van der Waals surface area (Å²) in [5, 5.41) is 2.59. The lowest BCUT2D eigenvalue weighted by atomic mass is 10.2. The van der Waals surface area contributed by atoms with Crippen LogP contribution < -0.4 is 5.32 Å². The summed E-state index contributed by atoms with van der Waals surface area (Å²) in [6.45, 7) is -0.128. The third-order valence-electron chi connectivity index (χ3n) is 4.04. The number of anilines is 1. The highest BCUT2D eigenvalue weighted by molar-refractivity contribution is 7.87. The molecule has 1 amide bonds. The zero-order chi connectivity index (χ0) is 19.6. The predicted octanol–water partition coefficient (Wildman–Crippen LogP) is 2.62. The van der Waals surface area contributed by atoms with E-state index in [2.05, 4.69) is 5.32 Å². The van der Waals surface area contributed by atoms with Crippen molar-refractivity contribution in [3.8, 4) is 0 Å². The molecular weight excluding hydrogens is 400 g/mol. The van der Waals surface area contributed by atoms with Gasteiger partial charge >= 0.3 is 0 Å². The molecule has 0 aromatic heterocycles. The van der Waals surface area contributed by atoms with Crippen LogP contribution in [-0.2, 0) is 21.5 Å². The molecule has 1 fully saturated rings. The molecule has 6 nitrogen and oxygen atoms in total. The van der Waals surface area contributed by atoms with Crippen LogP contribution in [0.2, 0.25) is 5.02 Å². The number of carbonyl (C=O) groups is 1. The van der Waals surface area contributed by atoms with Gasteiger partial charge in [-0.25, -0.2) is 8.78 Å². The average Bonchev–Trinajstić information content (AvgIpc) is 2.84. The van der Waals surface area contributed by atoms with Crippen molar-refractivity contribution in [2.45, 2.75) is 6.54 Å². The number of hydrogen-bond donors (Lipinski definition) is 1. The van der Waals surface area contributed by atoms with E-state index in [0.29, 0.717) is 5.56 Å². The van der Waals surface area contributed by atoms with Crippen molar-refractivity contribution < 1.29 is 22.0 Å². The smallest absolute Gasteiger partial charge is 0.282 e. The largest absolute Gasteiger partial charge is 0.325 e. The maximum atomic E-state index is 13.2.